The van der Waals surface area contributed by atoms with Crippen molar-refractivity contribution < 1.29 is 10.0 Å². The van der Waals surface area contributed by atoms with E-state index in [1.807, 2.05) is 29.7 Å². The van der Waals surface area contributed by atoms with E-state index in [9.17, 15) is 4.79 Å². The zero-order valence-electron chi connectivity index (χ0n) is 12.3. The van der Waals surface area contributed by atoms with Gasteiger partial charge >= 0.3 is 0 Å². The molecule has 4 aromatic rings. The Labute approximate surface area is 135 Å². The molecule has 0 radical (unpaired) electrons. The van der Waals surface area contributed by atoms with Crippen LogP contribution in [0.4, 0.5) is 5.69 Å². The monoisotopic (exact) mass is 320 g/mol. The van der Waals surface area contributed by atoms with Gasteiger partial charge in [-0.25, -0.2) is 0 Å². The van der Waals surface area contributed by atoms with E-state index >= 15 is 0 Å². The van der Waals surface area contributed by atoms with Crippen LogP contribution in [0.25, 0.3) is 22.3 Å². The summed E-state index contributed by atoms with van der Waals surface area (Å²) in [5, 5.41) is 23.6. The van der Waals surface area contributed by atoms with Crippen molar-refractivity contribution >= 4 is 22.5 Å². The number of H-pyrrole nitrogens is 1. The molecule has 0 saturated carbocycles. The van der Waals surface area contributed by atoms with Gasteiger partial charge in [-0.1, -0.05) is 0 Å². The second kappa shape index (κ2) is 5.60. The molecular formula is C16H12N6O2. The highest BCUT2D eigenvalue weighted by Gasteiger charge is 2.13. The van der Waals surface area contributed by atoms with Crippen molar-refractivity contribution in [1.82, 2.24) is 25.2 Å². The first-order chi connectivity index (χ1) is 11.8. The molecule has 2 aromatic carbocycles. The number of rotatable bonds is 3. The van der Waals surface area contributed by atoms with E-state index in [2.05, 4.69) is 20.6 Å². The van der Waals surface area contributed by atoms with E-state index in [-0.39, 0.29) is 5.91 Å². The fourth-order valence-corrected chi connectivity index (χ4v) is 2.57. The summed E-state index contributed by atoms with van der Waals surface area (Å²) in [7, 11) is 0. The molecular weight excluding hydrogens is 308 g/mol. The van der Waals surface area contributed by atoms with Crippen molar-refractivity contribution in [2.75, 3.05) is 5.48 Å². The number of fused-ring (bicyclic) bond motifs is 1. The zero-order valence-corrected chi connectivity index (χ0v) is 12.3. The van der Waals surface area contributed by atoms with Gasteiger partial charge in [0.15, 0.2) is 0 Å². The Morgan fingerprint density at radius 3 is 2.67 bits per heavy atom. The molecule has 0 atom stereocenters. The number of carbonyl (C=O) groups excluding carboxylic acids is 1. The Morgan fingerprint density at radius 1 is 1.12 bits per heavy atom. The standard InChI is InChI=1S/C16H12N6O2/c23-16(10-1-4-13(19-24)5-2-10)22-8-7-11-9-12(3-6-14(11)22)15-17-20-21-18-15/h1-9,19,24H,(H,17,18,20,21). The number of carbonyl (C=O) groups is 1. The normalized spacial score (nSPS) is 10.9. The van der Waals surface area contributed by atoms with Crippen LogP contribution >= 0.6 is 0 Å². The van der Waals surface area contributed by atoms with Gasteiger partial charge < -0.3 is 0 Å². The van der Waals surface area contributed by atoms with Gasteiger partial charge in [-0.15, -0.1) is 10.2 Å². The first kappa shape index (κ1) is 14.1. The van der Waals surface area contributed by atoms with Crippen molar-refractivity contribution in [1.29, 1.82) is 0 Å². The van der Waals surface area contributed by atoms with Crippen LogP contribution in [0, 0.1) is 0 Å². The average Bonchev–Trinajstić information content (AvgIpc) is 3.30. The van der Waals surface area contributed by atoms with E-state index < -0.39 is 0 Å². The maximum Gasteiger partial charge on any atom is 0.262 e. The lowest BCUT2D eigenvalue weighted by Crippen LogP contribution is -2.10. The Hall–Kier alpha value is -3.52. The van der Waals surface area contributed by atoms with Crippen molar-refractivity contribution in [3.8, 4) is 11.4 Å². The number of hydrogen-bond acceptors (Lipinski definition) is 6. The summed E-state index contributed by atoms with van der Waals surface area (Å²) in [6, 6.07) is 14.0. The number of nitrogens with zero attached hydrogens (tertiary/aromatic N) is 4. The van der Waals surface area contributed by atoms with Gasteiger partial charge in [0.05, 0.1) is 11.2 Å². The third kappa shape index (κ3) is 2.31. The molecule has 24 heavy (non-hydrogen) atoms. The molecule has 0 fully saturated rings. The van der Waals surface area contributed by atoms with Crippen molar-refractivity contribution in [3.63, 3.8) is 0 Å². The van der Waals surface area contributed by atoms with Crippen LogP contribution in [0.1, 0.15) is 10.4 Å². The minimum Gasteiger partial charge on any atom is -0.291 e. The third-order valence-corrected chi connectivity index (χ3v) is 3.77. The highest BCUT2D eigenvalue weighted by Crippen LogP contribution is 2.23. The van der Waals surface area contributed by atoms with E-state index in [0.717, 1.165) is 16.5 Å². The number of aromatic amines is 1. The third-order valence-electron chi connectivity index (χ3n) is 3.77. The lowest BCUT2D eigenvalue weighted by Gasteiger charge is -2.06. The Balaban J connectivity index is 1.72. The first-order valence-electron chi connectivity index (χ1n) is 7.16. The summed E-state index contributed by atoms with van der Waals surface area (Å²) in [4.78, 5) is 12.7. The van der Waals surface area contributed by atoms with Gasteiger partial charge in [0.25, 0.3) is 5.91 Å². The van der Waals surface area contributed by atoms with Gasteiger partial charge in [0.2, 0.25) is 5.82 Å². The number of anilines is 1. The second-order valence-corrected chi connectivity index (χ2v) is 5.19. The number of aromatic nitrogens is 5. The molecule has 0 aliphatic carbocycles. The Bertz CT molecular complexity index is 1000. The molecule has 8 heteroatoms. The van der Waals surface area contributed by atoms with Crippen molar-refractivity contribution in [2.24, 2.45) is 0 Å². The maximum atomic E-state index is 12.7. The van der Waals surface area contributed by atoms with Crippen molar-refractivity contribution in [2.45, 2.75) is 0 Å². The summed E-state index contributed by atoms with van der Waals surface area (Å²) >= 11 is 0. The smallest absolute Gasteiger partial charge is 0.262 e. The van der Waals surface area contributed by atoms with Crippen LogP contribution < -0.4 is 5.48 Å². The summed E-state index contributed by atoms with van der Waals surface area (Å²) < 4.78 is 1.58. The fraction of sp³-hybridized carbons (Fsp3) is 0. The molecule has 3 N–H and O–H groups in total. The first-order valence-corrected chi connectivity index (χ1v) is 7.16. The quantitative estimate of drug-likeness (QED) is 0.500. The minimum absolute atomic E-state index is 0.151. The number of benzene rings is 2. The van der Waals surface area contributed by atoms with E-state index in [1.54, 1.807) is 35.0 Å². The molecule has 0 unspecified atom stereocenters. The number of nitrogens with one attached hydrogen (secondary N) is 2. The van der Waals surface area contributed by atoms with Gasteiger partial charge in [-0.2, -0.15) is 5.21 Å². The molecule has 0 saturated heterocycles. The number of tetrazole rings is 1. The molecule has 4 rings (SSSR count). The van der Waals surface area contributed by atoms with Crippen molar-refractivity contribution in [3.05, 3.63) is 60.3 Å². The zero-order chi connectivity index (χ0) is 16.5. The minimum atomic E-state index is -0.151. The molecule has 8 nitrogen and oxygen atoms in total. The lowest BCUT2D eigenvalue weighted by atomic mass is 10.1. The van der Waals surface area contributed by atoms with Crippen LogP contribution in [0.5, 0.6) is 0 Å². The average molecular weight is 320 g/mol. The highest BCUT2D eigenvalue weighted by molar-refractivity contribution is 6.02. The Morgan fingerprint density at radius 2 is 1.96 bits per heavy atom. The van der Waals surface area contributed by atoms with Crippen LogP contribution in [0.3, 0.4) is 0 Å². The highest BCUT2D eigenvalue weighted by atomic mass is 16.5. The van der Waals surface area contributed by atoms with Gasteiger partial charge in [-0.05, 0) is 53.7 Å². The molecule has 0 aliphatic heterocycles. The summed E-state index contributed by atoms with van der Waals surface area (Å²) in [5.74, 6) is 0.352. The SMILES string of the molecule is O=C(c1ccc(NO)cc1)n1ccc2cc(-c3nn[nH]n3)ccc21. The molecule has 0 bridgehead atoms. The molecule has 0 spiro atoms. The molecule has 2 heterocycles. The topological polar surface area (TPSA) is 109 Å². The van der Waals surface area contributed by atoms with Gasteiger partial charge in [0.1, 0.15) is 0 Å². The molecule has 0 aliphatic rings. The summed E-state index contributed by atoms with van der Waals surface area (Å²) in [6.45, 7) is 0. The summed E-state index contributed by atoms with van der Waals surface area (Å²) in [5.41, 5.74) is 4.69. The largest absolute Gasteiger partial charge is 0.291 e. The van der Waals surface area contributed by atoms with E-state index in [0.29, 0.717) is 17.1 Å². The predicted octanol–water partition coefficient (Wildman–Crippen LogP) is 2.31. The fourth-order valence-electron chi connectivity index (χ4n) is 2.57. The lowest BCUT2D eigenvalue weighted by molar-refractivity contribution is 0.0965. The van der Waals surface area contributed by atoms with Crippen LogP contribution in [-0.4, -0.2) is 36.3 Å². The molecule has 118 valence electrons. The van der Waals surface area contributed by atoms with Crippen LogP contribution in [0.2, 0.25) is 0 Å². The number of hydrogen-bond donors (Lipinski definition) is 3. The van der Waals surface area contributed by atoms with E-state index in [1.165, 1.54) is 0 Å². The van der Waals surface area contributed by atoms with E-state index in [4.69, 9.17) is 5.21 Å². The van der Waals surface area contributed by atoms with Crippen LogP contribution in [0.15, 0.2) is 54.7 Å². The Kier molecular flexibility index (Phi) is 3.29. The molecule has 0 amide bonds. The van der Waals surface area contributed by atoms with Gasteiger partial charge in [0, 0.05) is 22.7 Å². The second-order valence-electron chi connectivity index (χ2n) is 5.19. The van der Waals surface area contributed by atoms with Gasteiger partial charge in [-0.3, -0.25) is 20.0 Å². The summed E-state index contributed by atoms with van der Waals surface area (Å²) in [6.07, 6.45) is 1.73. The predicted molar refractivity (Wildman–Crippen MR) is 86.7 cm³/mol. The van der Waals surface area contributed by atoms with Crippen LogP contribution in [-0.2, 0) is 0 Å². The maximum absolute atomic E-state index is 12.7. The molecule has 2 aromatic heterocycles.